The van der Waals surface area contributed by atoms with Gasteiger partial charge in [-0.2, -0.15) is 0 Å². The van der Waals surface area contributed by atoms with Crippen LogP contribution in [0.3, 0.4) is 0 Å². The molecule has 20 heavy (non-hydrogen) atoms. The Morgan fingerprint density at radius 1 is 1.25 bits per heavy atom. The van der Waals surface area contributed by atoms with Gasteiger partial charge in [-0.1, -0.05) is 30.3 Å². The highest BCUT2D eigenvalue weighted by Gasteiger charge is 2.03. The number of carbonyl (C=O) groups is 1. The second-order valence-corrected chi connectivity index (χ2v) is 4.44. The molecule has 1 amide bonds. The minimum atomic E-state index is -0.562. The molecular weight excluding hydrogens is 278 g/mol. The van der Waals surface area contributed by atoms with Crippen LogP contribution in [0.2, 0.25) is 0 Å². The summed E-state index contributed by atoms with van der Waals surface area (Å²) in [6, 6.07) is 10.7. The number of ether oxygens (including phenoxy) is 1. The van der Waals surface area contributed by atoms with Crippen molar-refractivity contribution in [1.29, 1.82) is 0 Å². The first-order valence-electron chi connectivity index (χ1n) is 5.90. The molecule has 0 radical (unpaired) electrons. The first-order valence-corrected chi connectivity index (χ1v) is 6.31. The minimum Gasteiger partial charge on any atom is -0.445 e. The van der Waals surface area contributed by atoms with Crippen LogP contribution < -0.4 is 10.9 Å². The van der Waals surface area contributed by atoms with E-state index >= 15 is 0 Å². The Bertz CT molecular complexity index is 666. The number of amides is 1. The largest absolute Gasteiger partial charge is 0.445 e. The predicted molar refractivity (Wildman–Crippen MR) is 75.7 cm³/mol. The molecule has 0 fully saturated rings. The van der Waals surface area contributed by atoms with Crippen LogP contribution in [-0.4, -0.2) is 16.1 Å². The fourth-order valence-electron chi connectivity index (χ4n) is 1.56. The van der Waals surface area contributed by atoms with Gasteiger partial charge in [-0.15, -0.1) is 0 Å². The first kappa shape index (κ1) is 14.0. The van der Waals surface area contributed by atoms with Crippen LogP contribution in [0.25, 0.3) is 0 Å². The Morgan fingerprint density at radius 2 is 2.00 bits per heavy atom. The number of hydrogen-bond acceptors (Lipinski definition) is 4. The smallest absolute Gasteiger partial charge is 0.407 e. The molecule has 3 N–H and O–H groups in total. The van der Waals surface area contributed by atoms with Crippen LogP contribution in [0.1, 0.15) is 11.3 Å². The zero-order chi connectivity index (χ0) is 14.4. The van der Waals surface area contributed by atoms with Gasteiger partial charge in [-0.3, -0.25) is 9.78 Å². The van der Waals surface area contributed by atoms with E-state index in [1.807, 2.05) is 30.3 Å². The van der Waals surface area contributed by atoms with Crippen LogP contribution in [0.15, 0.2) is 41.2 Å². The lowest BCUT2D eigenvalue weighted by Crippen LogP contribution is -2.25. The standard InChI is InChI=1S/C13H13N3O3S/c17-11-6-10(15-12(20)16-11)7-14-13(18)19-8-9-4-2-1-3-5-9/h1-6H,7-8H2,(H,14,18)(H2,15,16,17,20). The van der Waals surface area contributed by atoms with Crippen LogP contribution in [0, 0.1) is 4.77 Å². The fourth-order valence-corrected chi connectivity index (χ4v) is 1.79. The highest BCUT2D eigenvalue weighted by Crippen LogP contribution is 2.00. The summed E-state index contributed by atoms with van der Waals surface area (Å²) in [5.41, 5.74) is 1.09. The normalized spacial score (nSPS) is 10.0. The van der Waals surface area contributed by atoms with E-state index in [1.165, 1.54) is 6.07 Å². The maximum atomic E-state index is 11.5. The van der Waals surface area contributed by atoms with Gasteiger partial charge in [0, 0.05) is 11.8 Å². The summed E-state index contributed by atoms with van der Waals surface area (Å²) in [5.74, 6) is 0. The van der Waals surface area contributed by atoms with Crippen molar-refractivity contribution in [2.24, 2.45) is 0 Å². The molecule has 0 aliphatic heterocycles. The predicted octanol–water partition coefficient (Wildman–Crippen LogP) is 1.86. The Labute approximate surface area is 119 Å². The van der Waals surface area contributed by atoms with Crippen molar-refractivity contribution >= 4 is 18.3 Å². The van der Waals surface area contributed by atoms with Gasteiger partial charge >= 0.3 is 6.09 Å². The van der Waals surface area contributed by atoms with E-state index in [2.05, 4.69) is 15.3 Å². The van der Waals surface area contributed by atoms with Crippen molar-refractivity contribution in [1.82, 2.24) is 15.3 Å². The molecule has 2 aromatic rings. The maximum absolute atomic E-state index is 11.5. The SMILES string of the molecule is O=C(NCc1cc(=O)[nH]c(=S)[nH]1)OCc1ccccc1. The van der Waals surface area contributed by atoms with E-state index in [9.17, 15) is 9.59 Å². The van der Waals surface area contributed by atoms with Gasteiger partial charge in [-0.05, 0) is 17.8 Å². The fraction of sp³-hybridized carbons (Fsp3) is 0.154. The number of aromatic nitrogens is 2. The van der Waals surface area contributed by atoms with Gasteiger partial charge in [0.05, 0.1) is 6.54 Å². The maximum Gasteiger partial charge on any atom is 0.407 e. The molecule has 0 bridgehead atoms. The number of rotatable bonds is 4. The second-order valence-electron chi connectivity index (χ2n) is 4.03. The molecule has 0 atom stereocenters. The second kappa shape index (κ2) is 6.67. The lowest BCUT2D eigenvalue weighted by molar-refractivity contribution is 0.139. The van der Waals surface area contributed by atoms with Gasteiger partial charge in [-0.25, -0.2) is 4.79 Å². The zero-order valence-corrected chi connectivity index (χ0v) is 11.3. The van der Waals surface area contributed by atoms with Crippen LogP contribution in [-0.2, 0) is 17.9 Å². The van der Waals surface area contributed by atoms with E-state index in [0.717, 1.165) is 5.56 Å². The Kier molecular flexibility index (Phi) is 4.67. The number of benzene rings is 1. The Morgan fingerprint density at radius 3 is 2.70 bits per heavy atom. The van der Waals surface area contributed by atoms with Crippen LogP contribution >= 0.6 is 12.2 Å². The number of H-pyrrole nitrogens is 2. The summed E-state index contributed by atoms with van der Waals surface area (Å²) in [6.07, 6.45) is -0.562. The number of alkyl carbamates (subject to hydrolysis) is 1. The Hall–Kier alpha value is -2.41. The molecule has 6 nitrogen and oxygen atoms in total. The topological polar surface area (TPSA) is 87.0 Å². The quantitative estimate of drug-likeness (QED) is 0.750. The van der Waals surface area contributed by atoms with E-state index < -0.39 is 6.09 Å². The average molecular weight is 291 g/mol. The summed E-state index contributed by atoms with van der Waals surface area (Å²) in [4.78, 5) is 27.9. The molecule has 7 heteroatoms. The molecule has 0 spiro atoms. The van der Waals surface area contributed by atoms with Crippen molar-refractivity contribution in [2.75, 3.05) is 0 Å². The Balaban J connectivity index is 1.83. The molecule has 104 valence electrons. The summed E-state index contributed by atoms with van der Waals surface area (Å²) in [6.45, 7) is 0.333. The number of aromatic amines is 2. The summed E-state index contributed by atoms with van der Waals surface area (Å²) >= 11 is 4.83. The summed E-state index contributed by atoms with van der Waals surface area (Å²) in [5, 5.41) is 2.53. The molecule has 0 unspecified atom stereocenters. The molecule has 0 saturated heterocycles. The van der Waals surface area contributed by atoms with Gasteiger partial charge in [0.15, 0.2) is 4.77 Å². The molecule has 0 saturated carbocycles. The number of hydrogen-bond donors (Lipinski definition) is 3. The molecule has 0 aliphatic rings. The van der Waals surface area contributed by atoms with Gasteiger partial charge < -0.3 is 15.0 Å². The third-order valence-electron chi connectivity index (χ3n) is 2.45. The van der Waals surface area contributed by atoms with E-state index in [0.29, 0.717) is 5.69 Å². The lowest BCUT2D eigenvalue weighted by atomic mass is 10.2. The third kappa shape index (κ3) is 4.36. The molecule has 2 rings (SSSR count). The number of nitrogens with one attached hydrogen (secondary N) is 3. The van der Waals surface area contributed by atoms with Crippen LogP contribution in [0.5, 0.6) is 0 Å². The molecular formula is C13H13N3O3S. The first-order chi connectivity index (χ1) is 9.63. The highest BCUT2D eigenvalue weighted by molar-refractivity contribution is 7.71. The van der Waals surface area contributed by atoms with Crippen molar-refractivity contribution in [3.05, 3.63) is 62.8 Å². The van der Waals surface area contributed by atoms with E-state index in [-0.39, 0.29) is 23.5 Å². The third-order valence-corrected chi connectivity index (χ3v) is 2.66. The highest BCUT2D eigenvalue weighted by atomic mass is 32.1. The molecule has 1 heterocycles. The molecule has 0 aliphatic carbocycles. The van der Waals surface area contributed by atoms with Crippen molar-refractivity contribution in [2.45, 2.75) is 13.2 Å². The van der Waals surface area contributed by atoms with E-state index in [1.54, 1.807) is 0 Å². The van der Waals surface area contributed by atoms with Crippen molar-refractivity contribution < 1.29 is 9.53 Å². The van der Waals surface area contributed by atoms with Crippen LogP contribution in [0.4, 0.5) is 4.79 Å². The van der Waals surface area contributed by atoms with Crippen molar-refractivity contribution in [3.8, 4) is 0 Å². The monoisotopic (exact) mass is 291 g/mol. The zero-order valence-electron chi connectivity index (χ0n) is 10.5. The average Bonchev–Trinajstić information content (AvgIpc) is 2.43. The molecule has 1 aromatic heterocycles. The van der Waals surface area contributed by atoms with Crippen molar-refractivity contribution in [3.63, 3.8) is 0 Å². The lowest BCUT2D eigenvalue weighted by Gasteiger charge is -2.07. The summed E-state index contributed by atoms with van der Waals surface area (Å²) < 4.78 is 5.25. The van der Waals surface area contributed by atoms with Gasteiger partial charge in [0.1, 0.15) is 6.61 Å². The van der Waals surface area contributed by atoms with E-state index in [4.69, 9.17) is 17.0 Å². The number of carbonyl (C=O) groups excluding carboxylic acids is 1. The summed E-state index contributed by atoms with van der Waals surface area (Å²) in [7, 11) is 0. The van der Waals surface area contributed by atoms with Gasteiger partial charge in [0.25, 0.3) is 5.56 Å². The molecule has 1 aromatic carbocycles. The van der Waals surface area contributed by atoms with Gasteiger partial charge in [0.2, 0.25) is 0 Å². The minimum absolute atomic E-state index is 0.140.